The molecule has 1 aliphatic heterocycles. The zero-order valence-electron chi connectivity index (χ0n) is 11.6. The molecular weight excluding hydrogens is 284 g/mol. The van der Waals surface area contributed by atoms with Crippen LogP contribution in [0.5, 0.6) is 0 Å². The van der Waals surface area contributed by atoms with Crippen LogP contribution in [0.4, 0.5) is 0 Å². The normalized spacial score (nSPS) is 16.4. The van der Waals surface area contributed by atoms with Gasteiger partial charge in [-0.1, -0.05) is 36.5 Å². The van der Waals surface area contributed by atoms with Crippen LogP contribution in [0.15, 0.2) is 36.7 Å². The Labute approximate surface area is 129 Å². The SMILES string of the molecule is NC(=S)c1ccc(C(O)CN2CCn3ccnc3C2)cc1. The highest BCUT2D eigenvalue weighted by molar-refractivity contribution is 7.80. The lowest BCUT2D eigenvalue weighted by atomic mass is 10.1. The number of thiocarbonyl (C=S) groups is 1. The summed E-state index contributed by atoms with van der Waals surface area (Å²) in [5.74, 6) is 1.05. The van der Waals surface area contributed by atoms with Crippen molar-refractivity contribution in [1.82, 2.24) is 14.5 Å². The van der Waals surface area contributed by atoms with Gasteiger partial charge in [0.05, 0.1) is 12.6 Å². The zero-order chi connectivity index (χ0) is 14.8. The van der Waals surface area contributed by atoms with Crippen LogP contribution in [0.3, 0.4) is 0 Å². The first-order valence-corrected chi connectivity index (χ1v) is 7.34. The van der Waals surface area contributed by atoms with Crippen LogP contribution in [0.1, 0.15) is 23.1 Å². The van der Waals surface area contributed by atoms with Gasteiger partial charge in [-0.15, -0.1) is 0 Å². The average Bonchev–Trinajstić information content (AvgIpc) is 2.95. The highest BCUT2D eigenvalue weighted by Crippen LogP contribution is 2.18. The molecule has 6 heteroatoms. The van der Waals surface area contributed by atoms with Crippen molar-refractivity contribution >= 4 is 17.2 Å². The lowest BCUT2D eigenvalue weighted by Gasteiger charge is -2.29. The molecule has 3 N–H and O–H groups in total. The third kappa shape index (κ3) is 3.12. The molecule has 2 aromatic rings. The number of rotatable bonds is 4. The molecule has 1 aromatic heterocycles. The Kier molecular flexibility index (Phi) is 4.01. The molecule has 21 heavy (non-hydrogen) atoms. The van der Waals surface area contributed by atoms with E-state index >= 15 is 0 Å². The Morgan fingerprint density at radius 3 is 2.81 bits per heavy atom. The third-order valence-corrected chi connectivity index (χ3v) is 4.07. The summed E-state index contributed by atoms with van der Waals surface area (Å²) in [4.78, 5) is 6.92. The predicted octanol–water partition coefficient (Wildman–Crippen LogP) is 1.07. The number of hydrogen-bond acceptors (Lipinski definition) is 4. The number of benzene rings is 1. The molecule has 1 aromatic carbocycles. The van der Waals surface area contributed by atoms with Crippen molar-refractivity contribution in [2.75, 3.05) is 13.1 Å². The van der Waals surface area contributed by atoms with Crippen LogP contribution < -0.4 is 5.73 Å². The largest absolute Gasteiger partial charge is 0.389 e. The van der Waals surface area contributed by atoms with E-state index in [0.717, 1.165) is 36.6 Å². The van der Waals surface area contributed by atoms with Gasteiger partial charge < -0.3 is 15.4 Å². The van der Waals surface area contributed by atoms with Gasteiger partial charge in [0.1, 0.15) is 10.8 Å². The molecule has 110 valence electrons. The fourth-order valence-electron chi connectivity index (χ4n) is 2.60. The molecule has 0 saturated heterocycles. The van der Waals surface area contributed by atoms with E-state index in [1.54, 1.807) is 0 Å². The smallest absolute Gasteiger partial charge is 0.122 e. The lowest BCUT2D eigenvalue weighted by molar-refractivity contribution is 0.0962. The summed E-state index contributed by atoms with van der Waals surface area (Å²) in [5, 5.41) is 10.4. The van der Waals surface area contributed by atoms with Gasteiger partial charge in [-0.3, -0.25) is 4.90 Å². The van der Waals surface area contributed by atoms with Gasteiger partial charge in [-0.2, -0.15) is 0 Å². The van der Waals surface area contributed by atoms with Crippen LogP contribution in [-0.4, -0.2) is 37.6 Å². The minimum absolute atomic E-state index is 0.374. The Bertz CT molecular complexity index is 637. The maximum absolute atomic E-state index is 10.4. The molecule has 0 radical (unpaired) electrons. The van der Waals surface area contributed by atoms with E-state index in [0.29, 0.717) is 11.5 Å². The second-order valence-electron chi connectivity index (χ2n) is 5.27. The first-order valence-electron chi connectivity index (χ1n) is 6.93. The van der Waals surface area contributed by atoms with Crippen LogP contribution >= 0.6 is 12.2 Å². The maximum atomic E-state index is 10.4. The van der Waals surface area contributed by atoms with Crippen molar-refractivity contribution in [2.24, 2.45) is 5.73 Å². The van der Waals surface area contributed by atoms with Gasteiger partial charge in [0.2, 0.25) is 0 Å². The fraction of sp³-hybridized carbons (Fsp3) is 0.333. The van der Waals surface area contributed by atoms with E-state index in [2.05, 4.69) is 14.5 Å². The monoisotopic (exact) mass is 302 g/mol. The molecule has 5 nitrogen and oxygen atoms in total. The van der Waals surface area contributed by atoms with Crippen molar-refractivity contribution in [3.05, 3.63) is 53.6 Å². The standard InChI is InChI=1S/C15H18N4OS/c16-15(21)12-3-1-11(2-4-12)13(20)9-18-7-8-19-6-5-17-14(19)10-18/h1-6,13,20H,7-10H2,(H2,16,21). The molecular formula is C15H18N4OS. The number of imidazole rings is 1. The molecule has 3 rings (SSSR count). The number of fused-ring (bicyclic) bond motifs is 1. The van der Waals surface area contributed by atoms with Gasteiger partial charge in [0.15, 0.2) is 0 Å². The number of aromatic nitrogens is 2. The minimum atomic E-state index is -0.521. The zero-order valence-corrected chi connectivity index (χ0v) is 12.5. The molecule has 0 bridgehead atoms. The Morgan fingerprint density at radius 2 is 2.10 bits per heavy atom. The minimum Gasteiger partial charge on any atom is -0.389 e. The third-order valence-electron chi connectivity index (χ3n) is 3.83. The summed E-state index contributed by atoms with van der Waals surface area (Å²) in [6, 6.07) is 7.46. The number of aliphatic hydroxyl groups excluding tert-OH is 1. The first-order chi connectivity index (χ1) is 10.1. The second-order valence-corrected chi connectivity index (χ2v) is 5.71. The Morgan fingerprint density at radius 1 is 1.33 bits per heavy atom. The molecule has 0 aliphatic carbocycles. The molecule has 0 amide bonds. The van der Waals surface area contributed by atoms with E-state index in [1.807, 2.05) is 36.7 Å². The molecule has 0 saturated carbocycles. The number of β-amino-alcohol motifs (C(OH)–C–C–N with tert-alkyl or cyclic N) is 1. The molecule has 2 heterocycles. The number of hydrogen-bond donors (Lipinski definition) is 2. The summed E-state index contributed by atoms with van der Waals surface area (Å²) >= 11 is 4.93. The van der Waals surface area contributed by atoms with Gasteiger partial charge in [0, 0.05) is 37.6 Å². The molecule has 1 atom stereocenters. The van der Waals surface area contributed by atoms with Gasteiger partial charge in [-0.05, 0) is 5.56 Å². The van der Waals surface area contributed by atoms with Crippen LogP contribution in [0.2, 0.25) is 0 Å². The van der Waals surface area contributed by atoms with Crippen molar-refractivity contribution in [2.45, 2.75) is 19.2 Å². The molecule has 1 aliphatic rings. The number of nitrogens with two attached hydrogens (primary N) is 1. The highest BCUT2D eigenvalue weighted by Gasteiger charge is 2.19. The Balaban J connectivity index is 1.64. The van der Waals surface area contributed by atoms with Gasteiger partial charge in [0.25, 0.3) is 0 Å². The van der Waals surface area contributed by atoms with Crippen molar-refractivity contribution in [3.8, 4) is 0 Å². The maximum Gasteiger partial charge on any atom is 0.122 e. The number of aliphatic hydroxyl groups is 1. The van der Waals surface area contributed by atoms with Gasteiger partial charge >= 0.3 is 0 Å². The summed E-state index contributed by atoms with van der Waals surface area (Å²) in [5.41, 5.74) is 7.27. The Hall–Kier alpha value is -1.76. The van der Waals surface area contributed by atoms with E-state index < -0.39 is 6.10 Å². The number of nitrogens with zero attached hydrogens (tertiary/aromatic N) is 3. The summed E-state index contributed by atoms with van der Waals surface area (Å²) < 4.78 is 2.15. The summed E-state index contributed by atoms with van der Waals surface area (Å²) in [6.45, 7) is 3.21. The van der Waals surface area contributed by atoms with Crippen molar-refractivity contribution in [1.29, 1.82) is 0 Å². The fourth-order valence-corrected chi connectivity index (χ4v) is 2.73. The van der Waals surface area contributed by atoms with E-state index in [4.69, 9.17) is 18.0 Å². The van der Waals surface area contributed by atoms with E-state index in [9.17, 15) is 5.11 Å². The molecule has 0 fully saturated rings. The first kappa shape index (κ1) is 14.2. The van der Waals surface area contributed by atoms with Crippen molar-refractivity contribution in [3.63, 3.8) is 0 Å². The van der Waals surface area contributed by atoms with E-state index in [-0.39, 0.29) is 0 Å². The summed E-state index contributed by atoms with van der Waals surface area (Å²) in [7, 11) is 0. The van der Waals surface area contributed by atoms with Crippen molar-refractivity contribution < 1.29 is 5.11 Å². The summed E-state index contributed by atoms with van der Waals surface area (Å²) in [6.07, 6.45) is 3.30. The molecule has 0 spiro atoms. The van der Waals surface area contributed by atoms with Crippen LogP contribution in [0.25, 0.3) is 0 Å². The van der Waals surface area contributed by atoms with Gasteiger partial charge in [-0.25, -0.2) is 4.98 Å². The second kappa shape index (κ2) is 5.93. The molecule has 1 unspecified atom stereocenters. The quantitative estimate of drug-likeness (QED) is 0.827. The topological polar surface area (TPSA) is 67.3 Å². The highest BCUT2D eigenvalue weighted by atomic mass is 32.1. The predicted molar refractivity (Wildman–Crippen MR) is 84.8 cm³/mol. The van der Waals surface area contributed by atoms with Crippen LogP contribution in [0, 0.1) is 0 Å². The van der Waals surface area contributed by atoms with Crippen LogP contribution in [-0.2, 0) is 13.1 Å². The lowest BCUT2D eigenvalue weighted by Crippen LogP contribution is -2.36. The average molecular weight is 302 g/mol. The van der Waals surface area contributed by atoms with E-state index in [1.165, 1.54) is 0 Å².